The molecule has 0 saturated heterocycles. The fraction of sp³-hybridized carbons (Fsp3) is 0.286. The second-order valence-electron chi connectivity index (χ2n) is 4.29. The maximum atomic E-state index is 11.4. The first kappa shape index (κ1) is 12.8. The molecule has 0 aliphatic heterocycles. The summed E-state index contributed by atoms with van der Waals surface area (Å²) in [5.41, 5.74) is 4.70. The molecule has 0 amide bonds. The summed E-state index contributed by atoms with van der Waals surface area (Å²) in [6.07, 6.45) is 1.57. The van der Waals surface area contributed by atoms with Crippen LogP contribution in [0.5, 0.6) is 0 Å². The van der Waals surface area contributed by atoms with E-state index in [4.69, 9.17) is 4.74 Å². The zero-order valence-corrected chi connectivity index (χ0v) is 11.7. The molecule has 0 atom stereocenters. The molecular weight excluding hydrogens is 246 g/mol. The number of ether oxygens (including phenoxy) is 1. The van der Waals surface area contributed by atoms with E-state index < -0.39 is 0 Å². The number of methoxy groups -OCH3 is 1. The molecule has 0 radical (unpaired) electrons. The van der Waals surface area contributed by atoms with Gasteiger partial charge in [-0.3, -0.25) is 0 Å². The number of carbonyl (C=O) groups excluding carboxylic acids is 1. The number of thiazole rings is 1. The standard InChI is InChI=1S/C14H15NO2S/c1-8-5-9(2)12(10(3)6-8)13-15-7-11(18-13)14(16)17-4/h5-7H,1-4H3. The van der Waals surface area contributed by atoms with Crippen LogP contribution in [0, 0.1) is 20.8 Å². The van der Waals surface area contributed by atoms with Crippen molar-refractivity contribution in [1.29, 1.82) is 0 Å². The van der Waals surface area contributed by atoms with Crippen LogP contribution in [-0.4, -0.2) is 18.1 Å². The summed E-state index contributed by atoms with van der Waals surface area (Å²) in [4.78, 5) is 16.3. The van der Waals surface area contributed by atoms with E-state index in [9.17, 15) is 4.79 Å². The van der Waals surface area contributed by atoms with Gasteiger partial charge in [-0.05, 0) is 31.9 Å². The lowest BCUT2D eigenvalue weighted by atomic mass is 10.0. The normalized spacial score (nSPS) is 10.4. The van der Waals surface area contributed by atoms with Gasteiger partial charge in [0.05, 0.1) is 13.3 Å². The summed E-state index contributed by atoms with van der Waals surface area (Å²) in [6, 6.07) is 4.25. The monoisotopic (exact) mass is 261 g/mol. The second kappa shape index (κ2) is 4.90. The van der Waals surface area contributed by atoms with E-state index in [2.05, 4.69) is 37.9 Å². The quantitative estimate of drug-likeness (QED) is 0.776. The van der Waals surface area contributed by atoms with Gasteiger partial charge in [0.25, 0.3) is 0 Å². The first-order valence-electron chi connectivity index (χ1n) is 5.65. The number of hydrogen-bond donors (Lipinski definition) is 0. The molecule has 94 valence electrons. The molecule has 0 bridgehead atoms. The van der Waals surface area contributed by atoms with Crippen molar-refractivity contribution in [2.75, 3.05) is 7.11 Å². The highest BCUT2D eigenvalue weighted by atomic mass is 32.1. The lowest BCUT2D eigenvalue weighted by molar-refractivity contribution is 0.0606. The van der Waals surface area contributed by atoms with Gasteiger partial charge in [-0.1, -0.05) is 17.7 Å². The van der Waals surface area contributed by atoms with Gasteiger partial charge in [0.1, 0.15) is 9.88 Å². The number of carbonyl (C=O) groups is 1. The maximum Gasteiger partial charge on any atom is 0.349 e. The average molecular weight is 261 g/mol. The van der Waals surface area contributed by atoms with Gasteiger partial charge in [0.2, 0.25) is 0 Å². The number of rotatable bonds is 2. The highest BCUT2D eigenvalue weighted by molar-refractivity contribution is 7.16. The van der Waals surface area contributed by atoms with Gasteiger partial charge in [0, 0.05) is 5.56 Å². The third kappa shape index (κ3) is 2.29. The molecule has 18 heavy (non-hydrogen) atoms. The molecule has 0 saturated carbocycles. The maximum absolute atomic E-state index is 11.4. The Labute approximate surface area is 110 Å². The molecule has 0 aliphatic rings. The van der Waals surface area contributed by atoms with Crippen LogP contribution >= 0.6 is 11.3 Å². The van der Waals surface area contributed by atoms with Gasteiger partial charge in [-0.2, -0.15) is 0 Å². The van der Waals surface area contributed by atoms with E-state index in [0.29, 0.717) is 4.88 Å². The summed E-state index contributed by atoms with van der Waals surface area (Å²) < 4.78 is 4.70. The van der Waals surface area contributed by atoms with E-state index in [-0.39, 0.29) is 5.97 Å². The Morgan fingerprint density at radius 2 is 1.83 bits per heavy atom. The van der Waals surface area contributed by atoms with Crippen molar-refractivity contribution < 1.29 is 9.53 Å². The largest absolute Gasteiger partial charge is 0.465 e. The van der Waals surface area contributed by atoms with Crippen LogP contribution in [0.15, 0.2) is 18.3 Å². The molecule has 0 aliphatic carbocycles. The summed E-state index contributed by atoms with van der Waals surface area (Å²) in [5.74, 6) is -0.332. The molecule has 0 N–H and O–H groups in total. The van der Waals surface area contributed by atoms with Crippen LogP contribution in [0.25, 0.3) is 10.6 Å². The Bertz CT molecular complexity index is 579. The highest BCUT2D eigenvalue weighted by Gasteiger charge is 2.14. The van der Waals surface area contributed by atoms with Crippen molar-refractivity contribution in [1.82, 2.24) is 4.98 Å². The highest BCUT2D eigenvalue weighted by Crippen LogP contribution is 2.31. The van der Waals surface area contributed by atoms with E-state index in [0.717, 1.165) is 10.6 Å². The molecule has 0 fully saturated rings. The summed E-state index contributed by atoms with van der Waals surface area (Å²) >= 11 is 1.37. The van der Waals surface area contributed by atoms with Gasteiger partial charge in [-0.25, -0.2) is 9.78 Å². The van der Waals surface area contributed by atoms with Gasteiger partial charge in [0.15, 0.2) is 0 Å². The van der Waals surface area contributed by atoms with E-state index >= 15 is 0 Å². The van der Waals surface area contributed by atoms with Crippen LogP contribution in [-0.2, 0) is 4.74 Å². The fourth-order valence-corrected chi connectivity index (χ4v) is 3.11. The molecule has 1 aromatic carbocycles. The molecule has 1 heterocycles. The van der Waals surface area contributed by atoms with Crippen LogP contribution < -0.4 is 0 Å². The minimum absolute atomic E-state index is 0.332. The number of esters is 1. The average Bonchev–Trinajstić information content (AvgIpc) is 2.76. The summed E-state index contributed by atoms with van der Waals surface area (Å²) in [7, 11) is 1.38. The smallest absolute Gasteiger partial charge is 0.349 e. The Balaban J connectivity index is 2.49. The van der Waals surface area contributed by atoms with Crippen molar-refractivity contribution in [2.45, 2.75) is 20.8 Å². The lowest BCUT2D eigenvalue weighted by Gasteiger charge is -2.08. The van der Waals surface area contributed by atoms with Crippen molar-refractivity contribution in [3.8, 4) is 10.6 Å². The molecule has 2 aromatic rings. The van der Waals surface area contributed by atoms with Crippen LogP contribution in [0.3, 0.4) is 0 Å². The molecular formula is C14H15NO2S. The van der Waals surface area contributed by atoms with Crippen molar-refractivity contribution >= 4 is 17.3 Å². The molecule has 0 unspecified atom stereocenters. The SMILES string of the molecule is COC(=O)c1cnc(-c2c(C)cc(C)cc2C)s1. The number of hydrogen-bond acceptors (Lipinski definition) is 4. The van der Waals surface area contributed by atoms with Crippen LogP contribution in [0.1, 0.15) is 26.4 Å². The van der Waals surface area contributed by atoms with E-state index in [1.165, 1.54) is 35.1 Å². The van der Waals surface area contributed by atoms with Gasteiger partial charge < -0.3 is 4.74 Å². The molecule has 1 aromatic heterocycles. The van der Waals surface area contributed by atoms with E-state index in [1.807, 2.05) is 0 Å². The number of nitrogens with zero attached hydrogens (tertiary/aromatic N) is 1. The van der Waals surface area contributed by atoms with E-state index in [1.54, 1.807) is 6.20 Å². The van der Waals surface area contributed by atoms with Crippen molar-refractivity contribution in [2.24, 2.45) is 0 Å². The number of aryl methyl sites for hydroxylation is 3. The Kier molecular flexibility index (Phi) is 3.48. The fourth-order valence-electron chi connectivity index (χ4n) is 2.10. The van der Waals surface area contributed by atoms with Gasteiger partial charge in [-0.15, -0.1) is 11.3 Å². The van der Waals surface area contributed by atoms with Crippen molar-refractivity contribution in [3.05, 3.63) is 39.9 Å². The number of benzene rings is 1. The van der Waals surface area contributed by atoms with Crippen LogP contribution in [0.4, 0.5) is 0 Å². The van der Waals surface area contributed by atoms with Crippen LogP contribution in [0.2, 0.25) is 0 Å². The summed E-state index contributed by atoms with van der Waals surface area (Å²) in [5, 5.41) is 0.866. The Morgan fingerprint density at radius 1 is 1.22 bits per heavy atom. The second-order valence-corrected chi connectivity index (χ2v) is 5.33. The molecule has 0 spiro atoms. The lowest BCUT2D eigenvalue weighted by Crippen LogP contribution is -1.96. The minimum Gasteiger partial charge on any atom is -0.465 e. The van der Waals surface area contributed by atoms with Crippen molar-refractivity contribution in [3.63, 3.8) is 0 Å². The molecule has 3 nitrogen and oxygen atoms in total. The zero-order chi connectivity index (χ0) is 13.3. The molecule has 2 rings (SSSR count). The first-order chi connectivity index (χ1) is 8.52. The molecule has 4 heteroatoms. The zero-order valence-electron chi connectivity index (χ0n) is 10.9. The Morgan fingerprint density at radius 3 is 2.39 bits per heavy atom. The first-order valence-corrected chi connectivity index (χ1v) is 6.47. The number of aromatic nitrogens is 1. The van der Waals surface area contributed by atoms with Gasteiger partial charge >= 0.3 is 5.97 Å². The predicted octanol–water partition coefficient (Wildman–Crippen LogP) is 3.52. The predicted molar refractivity (Wildman–Crippen MR) is 73.1 cm³/mol. The summed E-state index contributed by atoms with van der Waals surface area (Å²) in [6.45, 7) is 6.20. The third-order valence-electron chi connectivity index (χ3n) is 2.78. The minimum atomic E-state index is -0.332. The topological polar surface area (TPSA) is 39.2 Å². The Hall–Kier alpha value is -1.68. The third-order valence-corrected chi connectivity index (χ3v) is 3.78.